The topological polar surface area (TPSA) is 51.7 Å². The number of hydrogen-bond acceptors (Lipinski definition) is 5. The highest BCUT2D eigenvalue weighted by Crippen LogP contribution is 2.29. The van der Waals surface area contributed by atoms with Crippen molar-refractivity contribution in [3.63, 3.8) is 0 Å². The van der Waals surface area contributed by atoms with Crippen LogP contribution in [0, 0.1) is 12.8 Å². The van der Waals surface area contributed by atoms with E-state index in [0.717, 1.165) is 43.9 Å². The van der Waals surface area contributed by atoms with Crippen molar-refractivity contribution in [2.45, 2.75) is 26.3 Å². The predicted octanol–water partition coefficient (Wildman–Crippen LogP) is 3.50. The number of Topliss-reactive ketones (excluding diaryl/α,β-unsaturated/α-hetero) is 1. The number of carbonyl (C=O) groups is 1. The molecule has 0 N–H and O–H groups in total. The SMILES string of the molecule is COc1ccc(C(=O)[C@H]2CCCN(Cc3cccc(C)n3)C2)c(OC)c1. The maximum atomic E-state index is 13.1. The molecular weight excluding hydrogens is 328 g/mol. The number of pyridine rings is 1. The Morgan fingerprint density at radius 2 is 2.08 bits per heavy atom. The van der Waals surface area contributed by atoms with Crippen molar-refractivity contribution in [1.82, 2.24) is 9.88 Å². The monoisotopic (exact) mass is 354 g/mol. The maximum Gasteiger partial charge on any atom is 0.170 e. The lowest BCUT2D eigenvalue weighted by molar-refractivity contribution is 0.0807. The molecule has 5 heteroatoms. The van der Waals surface area contributed by atoms with Crippen LogP contribution in [0.2, 0.25) is 0 Å². The lowest BCUT2D eigenvalue weighted by atomic mass is 9.89. The van der Waals surface area contributed by atoms with Gasteiger partial charge in [0.1, 0.15) is 11.5 Å². The fourth-order valence-corrected chi connectivity index (χ4v) is 3.55. The molecule has 1 aliphatic rings. The maximum absolute atomic E-state index is 13.1. The first-order chi connectivity index (χ1) is 12.6. The number of aromatic nitrogens is 1. The van der Waals surface area contributed by atoms with Gasteiger partial charge in [-0.05, 0) is 50.6 Å². The van der Waals surface area contributed by atoms with Crippen molar-refractivity contribution in [2.75, 3.05) is 27.3 Å². The molecule has 0 bridgehead atoms. The molecule has 1 atom stereocenters. The van der Waals surface area contributed by atoms with Gasteiger partial charge in [-0.25, -0.2) is 0 Å². The van der Waals surface area contributed by atoms with Gasteiger partial charge in [-0.15, -0.1) is 0 Å². The molecule has 0 aliphatic carbocycles. The quantitative estimate of drug-likeness (QED) is 0.743. The van der Waals surface area contributed by atoms with Gasteiger partial charge in [-0.2, -0.15) is 0 Å². The number of nitrogens with zero attached hydrogens (tertiary/aromatic N) is 2. The second kappa shape index (κ2) is 8.32. The van der Waals surface area contributed by atoms with Gasteiger partial charge in [0.25, 0.3) is 0 Å². The van der Waals surface area contributed by atoms with Gasteiger partial charge in [-0.3, -0.25) is 14.7 Å². The summed E-state index contributed by atoms with van der Waals surface area (Å²) in [6, 6.07) is 11.5. The number of carbonyl (C=O) groups excluding carboxylic acids is 1. The van der Waals surface area contributed by atoms with E-state index in [-0.39, 0.29) is 11.7 Å². The van der Waals surface area contributed by atoms with Crippen LogP contribution in [0.5, 0.6) is 11.5 Å². The molecule has 2 heterocycles. The summed E-state index contributed by atoms with van der Waals surface area (Å²) >= 11 is 0. The smallest absolute Gasteiger partial charge is 0.170 e. The van der Waals surface area contributed by atoms with Crippen LogP contribution in [0.3, 0.4) is 0 Å². The summed E-state index contributed by atoms with van der Waals surface area (Å²) in [5.74, 6) is 1.39. The zero-order chi connectivity index (χ0) is 18.5. The summed E-state index contributed by atoms with van der Waals surface area (Å²) in [5.41, 5.74) is 2.71. The lowest BCUT2D eigenvalue weighted by Crippen LogP contribution is -2.38. The standard InChI is InChI=1S/C21H26N2O3/c1-15-6-4-8-17(22-15)14-23-11-5-7-16(13-23)21(24)19-10-9-18(25-2)12-20(19)26-3/h4,6,8-10,12,16H,5,7,11,13-14H2,1-3H3/t16-/m0/s1. The van der Waals surface area contributed by atoms with Gasteiger partial charge in [0.15, 0.2) is 5.78 Å². The number of piperidine rings is 1. The van der Waals surface area contributed by atoms with Crippen LogP contribution in [-0.4, -0.2) is 43.0 Å². The summed E-state index contributed by atoms with van der Waals surface area (Å²) in [5, 5.41) is 0. The summed E-state index contributed by atoms with van der Waals surface area (Å²) in [7, 11) is 3.19. The van der Waals surface area contributed by atoms with E-state index in [0.29, 0.717) is 17.1 Å². The Morgan fingerprint density at radius 3 is 2.81 bits per heavy atom. The van der Waals surface area contributed by atoms with Crippen LogP contribution in [-0.2, 0) is 6.54 Å². The van der Waals surface area contributed by atoms with Crippen molar-refractivity contribution in [2.24, 2.45) is 5.92 Å². The van der Waals surface area contributed by atoms with E-state index < -0.39 is 0 Å². The first kappa shape index (κ1) is 18.4. The van der Waals surface area contributed by atoms with Crippen molar-refractivity contribution >= 4 is 5.78 Å². The molecular formula is C21H26N2O3. The number of benzene rings is 1. The summed E-state index contributed by atoms with van der Waals surface area (Å²) in [6.45, 7) is 4.54. The Balaban J connectivity index is 1.72. The highest BCUT2D eigenvalue weighted by Gasteiger charge is 2.28. The molecule has 2 aromatic rings. The van der Waals surface area contributed by atoms with E-state index in [1.165, 1.54) is 0 Å². The highest BCUT2D eigenvalue weighted by atomic mass is 16.5. The normalized spacial score (nSPS) is 17.7. The average Bonchev–Trinajstić information content (AvgIpc) is 2.67. The average molecular weight is 354 g/mol. The van der Waals surface area contributed by atoms with Crippen molar-refractivity contribution in [3.8, 4) is 11.5 Å². The second-order valence-corrected chi connectivity index (χ2v) is 6.78. The molecule has 1 saturated heterocycles. The predicted molar refractivity (Wildman–Crippen MR) is 101 cm³/mol. The van der Waals surface area contributed by atoms with Crippen LogP contribution in [0.25, 0.3) is 0 Å². The minimum Gasteiger partial charge on any atom is -0.497 e. The Labute approximate surface area is 155 Å². The number of methoxy groups -OCH3 is 2. The highest BCUT2D eigenvalue weighted by molar-refractivity contribution is 6.00. The van der Waals surface area contributed by atoms with E-state index >= 15 is 0 Å². The van der Waals surface area contributed by atoms with E-state index in [2.05, 4.69) is 9.88 Å². The number of hydrogen-bond donors (Lipinski definition) is 0. The van der Waals surface area contributed by atoms with Crippen molar-refractivity contribution in [1.29, 1.82) is 0 Å². The molecule has 0 spiro atoms. The van der Waals surface area contributed by atoms with Crippen LogP contribution in [0.1, 0.15) is 34.6 Å². The second-order valence-electron chi connectivity index (χ2n) is 6.78. The van der Waals surface area contributed by atoms with Gasteiger partial charge in [0, 0.05) is 30.8 Å². The number of ether oxygens (including phenoxy) is 2. The Hall–Kier alpha value is -2.40. The third-order valence-corrected chi connectivity index (χ3v) is 4.88. The van der Waals surface area contributed by atoms with Crippen molar-refractivity contribution < 1.29 is 14.3 Å². The number of aryl methyl sites for hydroxylation is 1. The molecule has 1 aromatic heterocycles. The van der Waals surface area contributed by atoms with Crippen LogP contribution in [0.15, 0.2) is 36.4 Å². The molecule has 0 amide bonds. The molecule has 26 heavy (non-hydrogen) atoms. The fourth-order valence-electron chi connectivity index (χ4n) is 3.55. The van der Waals surface area contributed by atoms with E-state index in [1.54, 1.807) is 26.4 Å². The zero-order valence-electron chi connectivity index (χ0n) is 15.7. The molecule has 1 aliphatic heterocycles. The van der Waals surface area contributed by atoms with Gasteiger partial charge >= 0.3 is 0 Å². The van der Waals surface area contributed by atoms with Gasteiger partial charge < -0.3 is 9.47 Å². The zero-order valence-corrected chi connectivity index (χ0v) is 15.7. The van der Waals surface area contributed by atoms with Crippen LogP contribution in [0.4, 0.5) is 0 Å². The van der Waals surface area contributed by atoms with Gasteiger partial charge in [-0.1, -0.05) is 6.07 Å². The van der Waals surface area contributed by atoms with Crippen LogP contribution < -0.4 is 9.47 Å². The van der Waals surface area contributed by atoms with E-state index in [1.807, 2.05) is 31.2 Å². The van der Waals surface area contributed by atoms with E-state index in [9.17, 15) is 4.79 Å². The minimum atomic E-state index is -0.0177. The Kier molecular flexibility index (Phi) is 5.89. The van der Waals surface area contributed by atoms with E-state index in [4.69, 9.17) is 9.47 Å². The molecule has 0 saturated carbocycles. The lowest BCUT2D eigenvalue weighted by Gasteiger charge is -2.32. The fraction of sp³-hybridized carbons (Fsp3) is 0.429. The minimum absolute atomic E-state index is 0.0177. The van der Waals surface area contributed by atoms with Gasteiger partial charge in [0.05, 0.1) is 25.5 Å². The third-order valence-electron chi connectivity index (χ3n) is 4.88. The molecule has 3 rings (SSSR count). The first-order valence-corrected chi connectivity index (χ1v) is 9.02. The number of likely N-dealkylation sites (tertiary alicyclic amines) is 1. The molecule has 1 fully saturated rings. The number of ketones is 1. The Bertz CT molecular complexity index is 776. The largest absolute Gasteiger partial charge is 0.497 e. The van der Waals surface area contributed by atoms with Gasteiger partial charge in [0.2, 0.25) is 0 Å². The molecule has 0 radical (unpaired) electrons. The summed E-state index contributed by atoms with van der Waals surface area (Å²) in [4.78, 5) is 20.0. The summed E-state index contributed by atoms with van der Waals surface area (Å²) in [6.07, 6.45) is 1.92. The van der Waals surface area contributed by atoms with Crippen molar-refractivity contribution in [3.05, 3.63) is 53.3 Å². The number of rotatable bonds is 6. The van der Waals surface area contributed by atoms with Crippen LogP contribution >= 0.6 is 0 Å². The molecule has 0 unspecified atom stereocenters. The molecule has 138 valence electrons. The summed E-state index contributed by atoms with van der Waals surface area (Å²) < 4.78 is 10.6. The third kappa shape index (κ3) is 4.22. The molecule has 5 nitrogen and oxygen atoms in total. The first-order valence-electron chi connectivity index (χ1n) is 9.02. The molecule has 1 aromatic carbocycles. The Morgan fingerprint density at radius 1 is 1.23 bits per heavy atom.